The number of halogens is 4. The van der Waals surface area contributed by atoms with Crippen LogP contribution in [-0.4, -0.2) is 31.9 Å². The van der Waals surface area contributed by atoms with E-state index in [-0.39, 0.29) is 22.9 Å². The van der Waals surface area contributed by atoms with Crippen LogP contribution in [0.5, 0.6) is 0 Å². The minimum atomic E-state index is -4.68. The molecule has 1 fully saturated rings. The number of alkyl halides is 3. The molecule has 5 nitrogen and oxygen atoms in total. The number of hydrogen-bond donors (Lipinski definition) is 0. The fourth-order valence-electron chi connectivity index (χ4n) is 4.09. The van der Waals surface area contributed by atoms with E-state index < -0.39 is 23.6 Å². The molecule has 3 aromatic heterocycles. The zero-order valence-electron chi connectivity index (χ0n) is 16.5. The molecule has 0 saturated carbocycles. The lowest BCUT2D eigenvalue weighted by Crippen LogP contribution is -2.30. The summed E-state index contributed by atoms with van der Waals surface area (Å²) in [6.45, 7) is 0.411. The summed E-state index contributed by atoms with van der Waals surface area (Å²) in [4.78, 5) is 19.9. The van der Waals surface area contributed by atoms with Crippen LogP contribution in [0.1, 0.15) is 40.5 Å². The number of rotatable bonds is 3. The Labute approximate surface area is 183 Å². The van der Waals surface area contributed by atoms with Crippen molar-refractivity contribution in [1.82, 2.24) is 19.5 Å². The monoisotopic (exact) mass is 460 g/mol. The lowest BCUT2D eigenvalue weighted by atomic mass is 10.0. The molecule has 1 saturated heterocycles. The minimum absolute atomic E-state index is 0.0165. The van der Waals surface area contributed by atoms with E-state index in [0.29, 0.717) is 34.3 Å². The Bertz CT molecular complexity index is 1300. The largest absolute Gasteiger partial charge is 0.433 e. The number of benzene rings is 1. The van der Waals surface area contributed by atoms with Gasteiger partial charge in [-0.2, -0.15) is 18.3 Å². The van der Waals surface area contributed by atoms with Gasteiger partial charge in [0.2, 0.25) is 0 Å². The molecule has 0 radical (unpaired) electrons. The van der Waals surface area contributed by atoms with Crippen molar-refractivity contribution < 1.29 is 22.4 Å². The van der Waals surface area contributed by atoms with E-state index in [1.807, 2.05) is 0 Å². The van der Waals surface area contributed by atoms with Crippen LogP contribution in [0.4, 0.5) is 17.6 Å². The Hall–Kier alpha value is -3.27. The van der Waals surface area contributed by atoms with E-state index in [1.54, 1.807) is 34.5 Å². The van der Waals surface area contributed by atoms with Crippen LogP contribution in [0.2, 0.25) is 0 Å². The van der Waals surface area contributed by atoms with E-state index in [0.717, 1.165) is 12.3 Å². The number of nitrogens with zero attached hydrogens (tertiary/aromatic N) is 4. The lowest BCUT2D eigenvalue weighted by molar-refractivity contribution is -0.142. The molecule has 10 heteroatoms. The highest BCUT2D eigenvalue weighted by molar-refractivity contribution is 7.13. The standard InChI is InChI=1S/C22H16F4N4OS/c23-14-5-1-4-13(10-14)17-6-2-8-29(17)21(31)15-12-27-30-19(22(24,25)26)11-16(28-20(15)30)18-7-3-9-32-18/h1,3-5,7,9-12,17H,2,6,8H2. The van der Waals surface area contributed by atoms with Crippen molar-refractivity contribution in [2.75, 3.05) is 6.54 Å². The molecule has 0 spiro atoms. The molecule has 0 aliphatic carbocycles. The Morgan fingerprint density at radius 3 is 2.72 bits per heavy atom. The second-order valence-electron chi connectivity index (χ2n) is 7.51. The van der Waals surface area contributed by atoms with Gasteiger partial charge in [-0.15, -0.1) is 11.3 Å². The first-order chi connectivity index (χ1) is 15.3. The molecular formula is C22H16F4N4OS. The Morgan fingerprint density at radius 2 is 2.00 bits per heavy atom. The van der Waals surface area contributed by atoms with Crippen LogP contribution in [-0.2, 0) is 6.18 Å². The molecule has 1 aliphatic rings. The summed E-state index contributed by atoms with van der Waals surface area (Å²) in [5.41, 5.74) is -0.406. The maximum atomic E-state index is 13.8. The third-order valence-corrected chi connectivity index (χ3v) is 6.41. The summed E-state index contributed by atoms with van der Waals surface area (Å²) < 4.78 is 55.7. The van der Waals surface area contributed by atoms with Crippen LogP contribution in [0.3, 0.4) is 0 Å². The summed E-state index contributed by atoms with van der Waals surface area (Å²) in [6, 6.07) is 9.97. The average molecular weight is 460 g/mol. The first-order valence-corrected chi connectivity index (χ1v) is 10.8. The van der Waals surface area contributed by atoms with Crippen LogP contribution >= 0.6 is 11.3 Å². The van der Waals surface area contributed by atoms with E-state index in [4.69, 9.17) is 0 Å². The predicted octanol–water partition coefficient (Wildman–Crippen LogP) is 5.59. The van der Waals surface area contributed by atoms with Crippen LogP contribution in [0.25, 0.3) is 16.2 Å². The molecule has 1 atom stereocenters. The van der Waals surface area contributed by atoms with Crippen molar-refractivity contribution in [3.63, 3.8) is 0 Å². The van der Waals surface area contributed by atoms with Gasteiger partial charge in [-0.05, 0) is 48.1 Å². The quantitative estimate of drug-likeness (QED) is 0.375. The van der Waals surface area contributed by atoms with E-state index >= 15 is 0 Å². The van der Waals surface area contributed by atoms with Gasteiger partial charge in [0.05, 0.1) is 22.8 Å². The van der Waals surface area contributed by atoms with Gasteiger partial charge in [-0.3, -0.25) is 4.79 Å². The van der Waals surface area contributed by atoms with E-state index in [1.165, 1.54) is 23.5 Å². The SMILES string of the molecule is O=C(c1cnn2c(C(F)(F)F)cc(-c3cccs3)nc12)N1CCCC1c1cccc(F)c1. The molecule has 4 heterocycles. The molecule has 5 rings (SSSR count). The second kappa shape index (κ2) is 7.70. The Balaban J connectivity index is 1.61. The summed E-state index contributed by atoms with van der Waals surface area (Å²) in [5, 5.41) is 5.58. The predicted molar refractivity (Wildman–Crippen MR) is 111 cm³/mol. The molecule has 1 aromatic carbocycles. The maximum absolute atomic E-state index is 13.8. The number of thiophene rings is 1. The number of likely N-dealkylation sites (tertiary alicyclic amines) is 1. The summed E-state index contributed by atoms with van der Waals surface area (Å²) in [5.74, 6) is -0.884. The molecule has 4 aromatic rings. The van der Waals surface area contributed by atoms with Gasteiger partial charge < -0.3 is 4.90 Å². The highest BCUT2D eigenvalue weighted by Crippen LogP contribution is 2.36. The summed E-state index contributed by atoms with van der Waals surface area (Å²) >= 11 is 1.25. The molecule has 1 aliphatic heterocycles. The third-order valence-electron chi connectivity index (χ3n) is 5.51. The van der Waals surface area contributed by atoms with Gasteiger partial charge in [0.25, 0.3) is 5.91 Å². The summed E-state index contributed by atoms with van der Waals surface area (Å²) in [6.07, 6.45) is -2.22. The molecule has 1 unspecified atom stereocenters. The lowest BCUT2D eigenvalue weighted by Gasteiger charge is -2.24. The molecule has 1 amide bonds. The number of hydrogen-bond acceptors (Lipinski definition) is 4. The van der Waals surface area contributed by atoms with Crippen LogP contribution < -0.4 is 0 Å². The van der Waals surface area contributed by atoms with E-state index in [2.05, 4.69) is 10.1 Å². The van der Waals surface area contributed by atoms with Crippen molar-refractivity contribution >= 4 is 22.9 Å². The molecule has 0 bridgehead atoms. The van der Waals surface area contributed by atoms with Crippen LogP contribution in [0, 0.1) is 5.82 Å². The van der Waals surface area contributed by atoms with Crippen molar-refractivity contribution in [2.45, 2.75) is 25.1 Å². The Morgan fingerprint density at radius 1 is 1.16 bits per heavy atom. The molecule has 0 N–H and O–H groups in total. The summed E-state index contributed by atoms with van der Waals surface area (Å²) in [7, 11) is 0. The number of fused-ring (bicyclic) bond motifs is 1. The minimum Gasteiger partial charge on any atom is -0.331 e. The zero-order chi connectivity index (χ0) is 22.5. The number of amides is 1. The maximum Gasteiger partial charge on any atom is 0.433 e. The Kier molecular flexibility index (Phi) is 4.96. The normalized spacial score (nSPS) is 16.8. The number of carbonyl (C=O) groups is 1. The molecule has 164 valence electrons. The average Bonchev–Trinajstić information content (AvgIpc) is 3.52. The van der Waals surface area contributed by atoms with Gasteiger partial charge in [-0.1, -0.05) is 18.2 Å². The van der Waals surface area contributed by atoms with Gasteiger partial charge in [0.1, 0.15) is 11.4 Å². The van der Waals surface area contributed by atoms with Crippen molar-refractivity contribution in [3.8, 4) is 10.6 Å². The molecular weight excluding hydrogens is 444 g/mol. The highest BCUT2D eigenvalue weighted by Gasteiger charge is 2.37. The van der Waals surface area contributed by atoms with Crippen molar-refractivity contribution in [3.05, 3.63) is 76.7 Å². The van der Waals surface area contributed by atoms with Crippen molar-refractivity contribution in [1.29, 1.82) is 0 Å². The number of carbonyl (C=O) groups excluding carboxylic acids is 1. The fourth-order valence-corrected chi connectivity index (χ4v) is 4.78. The zero-order valence-corrected chi connectivity index (χ0v) is 17.3. The topological polar surface area (TPSA) is 50.5 Å². The van der Waals surface area contributed by atoms with E-state index in [9.17, 15) is 22.4 Å². The van der Waals surface area contributed by atoms with Gasteiger partial charge in [-0.25, -0.2) is 13.9 Å². The van der Waals surface area contributed by atoms with Crippen molar-refractivity contribution in [2.24, 2.45) is 0 Å². The highest BCUT2D eigenvalue weighted by atomic mass is 32.1. The van der Waals surface area contributed by atoms with Crippen LogP contribution in [0.15, 0.2) is 54.0 Å². The second-order valence-corrected chi connectivity index (χ2v) is 8.45. The van der Waals surface area contributed by atoms with Gasteiger partial charge in [0.15, 0.2) is 11.3 Å². The fraction of sp³-hybridized carbons (Fsp3) is 0.227. The molecule has 32 heavy (non-hydrogen) atoms. The first kappa shape index (κ1) is 20.6. The first-order valence-electron chi connectivity index (χ1n) is 9.89. The third kappa shape index (κ3) is 3.54. The van der Waals surface area contributed by atoms with Gasteiger partial charge in [0, 0.05) is 6.54 Å². The smallest absolute Gasteiger partial charge is 0.331 e. The van der Waals surface area contributed by atoms with Gasteiger partial charge >= 0.3 is 6.18 Å². The number of aromatic nitrogens is 3.